The summed E-state index contributed by atoms with van der Waals surface area (Å²) in [5.74, 6) is 0. The third-order valence-electron chi connectivity index (χ3n) is 2.91. The minimum absolute atomic E-state index is 0.232. The molecule has 1 fully saturated rings. The number of aliphatic hydroxyl groups is 1. The molecule has 2 heterocycles. The van der Waals surface area contributed by atoms with Crippen LogP contribution in [-0.2, 0) is 0 Å². The molecule has 16 heavy (non-hydrogen) atoms. The molecule has 0 unspecified atom stereocenters. The standard InChI is InChI=1S/C12H19N3O/c1-11(16)10-14-5-7-15(8-6-14)12-3-2-4-13-9-12/h2-4,9,11,16H,5-8,10H2,1H3/t11-/m1/s1. The molecule has 0 aliphatic carbocycles. The Morgan fingerprint density at radius 2 is 2.12 bits per heavy atom. The molecule has 1 atom stereocenters. The number of aromatic nitrogens is 1. The van der Waals surface area contributed by atoms with Crippen LogP contribution in [-0.4, -0.2) is 53.8 Å². The fourth-order valence-electron chi connectivity index (χ4n) is 2.10. The summed E-state index contributed by atoms with van der Waals surface area (Å²) in [6.45, 7) is 6.67. The quantitative estimate of drug-likeness (QED) is 0.810. The predicted molar refractivity (Wildman–Crippen MR) is 64.6 cm³/mol. The zero-order chi connectivity index (χ0) is 11.4. The maximum absolute atomic E-state index is 9.32. The van der Waals surface area contributed by atoms with Crippen molar-refractivity contribution in [3.05, 3.63) is 24.5 Å². The Bertz CT molecular complexity index is 307. The van der Waals surface area contributed by atoms with Crippen molar-refractivity contribution in [3.8, 4) is 0 Å². The van der Waals surface area contributed by atoms with Crippen molar-refractivity contribution in [1.82, 2.24) is 9.88 Å². The Hall–Kier alpha value is -1.13. The van der Waals surface area contributed by atoms with Crippen LogP contribution in [0.2, 0.25) is 0 Å². The van der Waals surface area contributed by atoms with Gasteiger partial charge in [0.2, 0.25) is 0 Å². The number of pyridine rings is 1. The lowest BCUT2D eigenvalue weighted by atomic mass is 10.2. The molecule has 1 aliphatic heterocycles. The van der Waals surface area contributed by atoms with Crippen molar-refractivity contribution < 1.29 is 5.11 Å². The van der Waals surface area contributed by atoms with Gasteiger partial charge < -0.3 is 10.0 Å². The minimum atomic E-state index is -0.232. The summed E-state index contributed by atoms with van der Waals surface area (Å²) in [7, 11) is 0. The van der Waals surface area contributed by atoms with Crippen LogP contribution in [0.25, 0.3) is 0 Å². The maximum Gasteiger partial charge on any atom is 0.0639 e. The second-order valence-corrected chi connectivity index (χ2v) is 4.35. The van der Waals surface area contributed by atoms with E-state index in [1.165, 1.54) is 5.69 Å². The summed E-state index contributed by atoms with van der Waals surface area (Å²) in [6.07, 6.45) is 3.47. The van der Waals surface area contributed by atoms with Gasteiger partial charge >= 0.3 is 0 Å². The van der Waals surface area contributed by atoms with Crippen LogP contribution in [0.1, 0.15) is 6.92 Å². The van der Waals surface area contributed by atoms with E-state index >= 15 is 0 Å². The largest absolute Gasteiger partial charge is 0.392 e. The Kier molecular flexibility index (Phi) is 3.74. The van der Waals surface area contributed by atoms with Crippen molar-refractivity contribution in [1.29, 1.82) is 0 Å². The van der Waals surface area contributed by atoms with Gasteiger partial charge in [-0.1, -0.05) is 0 Å². The van der Waals surface area contributed by atoms with Gasteiger partial charge in [0.1, 0.15) is 0 Å². The van der Waals surface area contributed by atoms with Gasteiger partial charge in [-0.15, -0.1) is 0 Å². The molecule has 4 heteroatoms. The smallest absolute Gasteiger partial charge is 0.0639 e. The first-order valence-corrected chi connectivity index (χ1v) is 5.81. The minimum Gasteiger partial charge on any atom is -0.392 e. The van der Waals surface area contributed by atoms with Crippen LogP contribution < -0.4 is 4.90 Å². The fourth-order valence-corrected chi connectivity index (χ4v) is 2.10. The molecule has 0 amide bonds. The summed E-state index contributed by atoms with van der Waals surface area (Å²) >= 11 is 0. The molecule has 1 aliphatic rings. The van der Waals surface area contributed by atoms with E-state index in [1.807, 2.05) is 19.2 Å². The normalized spacial score (nSPS) is 19.8. The molecule has 1 N–H and O–H groups in total. The molecule has 0 spiro atoms. The summed E-state index contributed by atoms with van der Waals surface area (Å²) in [5, 5.41) is 9.32. The predicted octanol–water partition coefficient (Wildman–Crippen LogP) is 0.584. The van der Waals surface area contributed by atoms with Crippen LogP contribution >= 0.6 is 0 Å². The molecule has 0 saturated carbocycles. The van der Waals surface area contributed by atoms with Crippen LogP contribution in [0.3, 0.4) is 0 Å². The first-order valence-electron chi connectivity index (χ1n) is 5.81. The molecule has 2 rings (SSSR count). The molecule has 88 valence electrons. The number of β-amino-alcohol motifs (C(OH)–C–C–N with tert-alkyl or cyclic N) is 1. The van der Waals surface area contributed by atoms with Crippen molar-refractivity contribution in [2.45, 2.75) is 13.0 Å². The van der Waals surface area contributed by atoms with E-state index in [-0.39, 0.29) is 6.10 Å². The average molecular weight is 221 g/mol. The molecule has 1 aromatic heterocycles. The van der Waals surface area contributed by atoms with E-state index in [0.29, 0.717) is 0 Å². The third kappa shape index (κ3) is 2.93. The van der Waals surface area contributed by atoms with E-state index in [4.69, 9.17) is 0 Å². The second-order valence-electron chi connectivity index (χ2n) is 4.35. The van der Waals surface area contributed by atoms with E-state index < -0.39 is 0 Å². The van der Waals surface area contributed by atoms with Gasteiger partial charge in [0, 0.05) is 38.9 Å². The molecular weight excluding hydrogens is 202 g/mol. The van der Waals surface area contributed by atoms with Crippen molar-refractivity contribution in [3.63, 3.8) is 0 Å². The van der Waals surface area contributed by atoms with Gasteiger partial charge in [-0.2, -0.15) is 0 Å². The van der Waals surface area contributed by atoms with E-state index in [0.717, 1.165) is 32.7 Å². The number of aliphatic hydroxyl groups excluding tert-OH is 1. The molecule has 1 saturated heterocycles. The van der Waals surface area contributed by atoms with Gasteiger partial charge in [-0.3, -0.25) is 9.88 Å². The summed E-state index contributed by atoms with van der Waals surface area (Å²) in [4.78, 5) is 8.77. The molecule has 0 bridgehead atoms. The highest BCUT2D eigenvalue weighted by Crippen LogP contribution is 2.14. The van der Waals surface area contributed by atoms with Crippen molar-refractivity contribution in [2.24, 2.45) is 0 Å². The Morgan fingerprint density at radius 3 is 2.69 bits per heavy atom. The number of rotatable bonds is 3. The topological polar surface area (TPSA) is 39.6 Å². The SMILES string of the molecule is C[C@@H](O)CN1CCN(c2cccnc2)CC1. The first kappa shape index (κ1) is 11.4. The lowest BCUT2D eigenvalue weighted by Gasteiger charge is -2.36. The third-order valence-corrected chi connectivity index (χ3v) is 2.91. The monoisotopic (exact) mass is 221 g/mol. The summed E-state index contributed by atoms with van der Waals surface area (Å²) < 4.78 is 0. The highest BCUT2D eigenvalue weighted by molar-refractivity contribution is 5.43. The van der Waals surface area contributed by atoms with Crippen LogP contribution in [0.5, 0.6) is 0 Å². The zero-order valence-electron chi connectivity index (χ0n) is 9.71. The van der Waals surface area contributed by atoms with Crippen molar-refractivity contribution in [2.75, 3.05) is 37.6 Å². The lowest BCUT2D eigenvalue weighted by molar-refractivity contribution is 0.122. The van der Waals surface area contributed by atoms with E-state index in [9.17, 15) is 5.11 Å². The first-order chi connectivity index (χ1) is 7.75. The number of anilines is 1. The summed E-state index contributed by atoms with van der Waals surface area (Å²) in [6, 6.07) is 4.06. The second kappa shape index (κ2) is 5.27. The average Bonchev–Trinajstić information content (AvgIpc) is 2.30. The van der Waals surface area contributed by atoms with Crippen LogP contribution in [0.4, 0.5) is 5.69 Å². The highest BCUT2D eigenvalue weighted by Gasteiger charge is 2.17. The molecule has 4 nitrogen and oxygen atoms in total. The van der Waals surface area contributed by atoms with Gasteiger partial charge in [0.25, 0.3) is 0 Å². The maximum atomic E-state index is 9.32. The van der Waals surface area contributed by atoms with Gasteiger partial charge in [-0.05, 0) is 19.1 Å². The molecular formula is C12H19N3O. The van der Waals surface area contributed by atoms with E-state index in [2.05, 4.69) is 20.9 Å². The van der Waals surface area contributed by atoms with Crippen molar-refractivity contribution >= 4 is 5.69 Å². The van der Waals surface area contributed by atoms with Crippen LogP contribution in [0.15, 0.2) is 24.5 Å². The highest BCUT2D eigenvalue weighted by atomic mass is 16.3. The van der Waals surface area contributed by atoms with E-state index in [1.54, 1.807) is 6.20 Å². The number of piperazine rings is 1. The number of nitrogens with zero attached hydrogens (tertiary/aromatic N) is 3. The molecule has 1 aromatic rings. The summed E-state index contributed by atoms with van der Waals surface area (Å²) in [5.41, 5.74) is 1.19. The Balaban J connectivity index is 1.86. The van der Waals surface area contributed by atoms with Gasteiger partial charge in [0.05, 0.1) is 18.0 Å². The zero-order valence-corrected chi connectivity index (χ0v) is 9.71. The molecule has 0 aromatic carbocycles. The Morgan fingerprint density at radius 1 is 1.38 bits per heavy atom. The fraction of sp³-hybridized carbons (Fsp3) is 0.583. The lowest BCUT2D eigenvalue weighted by Crippen LogP contribution is -2.48. The number of hydrogen-bond acceptors (Lipinski definition) is 4. The van der Waals surface area contributed by atoms with Gasteiger partial charge in [-0.25, -0.2) is 0 Å². The molecule has 0 radical (unpaired) electrons. The Labute approximate surface area is 96.5 Å². The van der Waals surface area contributed by atoms with Crippen LogP contribution in [0, 0.1) is 0 Å². The number of hydrogen-bond donors (Lipinski definition) is 1. The van der Waals surface area contributed by atoms with Gasteiger partial charge in [0.15, 0.2) is 0 Å².